The lowest BCUT2D eigenvalue weighted by Crippen LogP contribution is -2.43. The van der Waals surface area contributed by atoms with Crippen LogP contribution >= 0.6 is 12.4 Å². The van der Waals surface area contributed by atoms with E-state index in [1.807, 2.05) is 0 Å². The van der Waals surface area contributed by atoms with E-state index in [2.05, 4.69) is 13.2 Å². The predicted molar refractivity (Wildman–Crippen MR) is 42.2 cm³/mol. The molecule has 0 aliphatic heterocycles. The Morgan fingerprint density at radius 1 is 1.50 bits per heavy atom. The van der Waals surface area contributed by atoms with Gasteiger partial charge in [-0.1, -0.05) is 12.2 Å². The van der Waals surface area contributed by atoms with Crippen molar-refractivity contribution in [1.82, 2.24) is 0 Å². The van der Waals surface area contributed by atoms with Gasteiger partial charge >= 0.3 is 5.97 Å². The number of carbonyl (C=O) groups is 1. The summed E-state index contributed by atoms with van der Waals surface area (Å²) in [4.78, 5) is 10.2. The Balaban J connectivity index is 0. The van der Waals surface area contributed by atoms with Gasteiger partial charge in [0.15, 0.2) is 5.54 Å². The molecule has 0 radical (unpaired) electrons. The van der Waals surface area contributed by atoms with Crippen LogP contribution in [0.1, 0.15) is 0 Å². The first-order chi connectivity index (χ1) is 4.06. The van der Waals surface area contributed by atoms with Crippen LogP contribution in [0.25, 0.3) is 0 Å². The quantitative estimate of drug-likeness (QED) is 0.598. The standard InChI is InChI=1S/C6H9NO2.ClH/c1-3-6(7,4-2)5(8)9;/h3-4H,1-2,7H2,(H,8,9);1H. The molecule has 0 aromatic rings. The summed E-state index contributed by atoms with van der Waals surface area (Å²) in [5.74, 6) is -1.15. The van der Waals surface area contributed by atoms with E-state index in [1.165, 1.54) is 0 Å². The molecule has 0 aromatic carbocycles. The van der Waals surface area contributed by atoms with Crippen LogP contribution in [0.2, 0.25) is 0 Å². The number of hydrogen-bond donors (Lipinski definition) is 2. The molecule has 0 spiro atoms. The highest BCUT2D eigenvalue weighted by molar-refractivity contribution is 5.85. The van der Waals surface area contributed by atoms with E-state index < -0.39 is 11.5 Å². The summed E-state index contributed by atoms with van der Waals surface area (Å²) in [7, 11) is 0. The zero-order chi connectivity index (χ0) is 7.49. The van der Waals surface area contributed by atoms with Gasteiger partial charge in [0.25, 0.3) is 0 Å². The maximum absolute atomic E-state index is 10.2. The summed E-state index contributed by atoms with van der Waals surface area (Å²) in [5, 5.41) is 8.36. The van der Waals surface area contributed by atoms with Crippen LogP contribution < -0.4 is 5.73 Å². The third-order valence-corrected chi connectivity index (χ3v) is 1.05. The van der Waals surface area contributed by atoms with E-state index in [9.17, 15) is 4.79 Å². The second-order valence-corrected chi connectivity index (χ2v) is 1.65. The monoisotopic (exact) mass is 163 g/mol. The van der Waals surface area contributed by atoms with Crippen molar-refractivity contribution >= 4 is 18.4 Å². The molecule has 10 heavy (non-hydrogen) atoms. The first kappa shape index (κ1) is 11.9. The Kier molecular flexibility index (Phi) is 4.88. The number of carboxylic acids is 1. The summed E-state index contributed by atoms with van der Waals surface area (Å²) in [5.41, 5.74) is 3.73. The zero-order valence-electron chi connectivity index (χ0n) is 5.41. The fourth-order valence-corrected chi connectivity index (χ4v) is 0.258. The van der Waals surface area contributed by atoms with Crippen LogP contribution in [0, 0.1) is 0 Å². The first-order valence-electron chi connectivity index (χ1n) is 2.36. The van der Waals surface area contributed by atoms with Crippen molar-refractivity contribution < 1.29 is 9.90 Å². The van der Waals surface area contributed by atoms with E-state index >= 15 is 0 Å². The van der Waals surface area contributed by atoms with Crippen LogP contribution in [-0.2, 0) is 4.79 Å². The number of halogens is 1. The van der Waals surface area contributed by atoms with Gasteiger partial charge in [-0.05, 0) is 0 Å². The lowest BCUT2D eigenvalue weighted by molar-refractivity contribution is -0.139. The lowest BCUT2D eigenvalue weighted by atomic mass is 10.0. The molecule has 0 unspecified atom stereocenters. The van der Waals surface area contributed by atoms with Crippen LogP contribution in [0.4, 0.5) is 0 Å². The number of hydrogen-bond acceptors (Lipinski definition) is 2. The topological polar surface area (TPSA) is 63.3 Å². The van der Waals surface area contributed by atoms with Gasteiger partial charge in [-0.2, -0.15) is 0 Å². The van der Waals surface area contributed by atoms with Crippen molar-refractivity contribution in [3.05, 3.63) is 25.3 Å². The molecule has 3 nitrogen and oxygen atoms in total. The molecule has 4 heteroatoms. The van der Waals surface area contributed by atoms with Crippen LogP contribution in [-0.4, -0.2) is 16.6 Å². The molecule has 0 saturated carbocycles. The summed E-state index contributed by atoms with van der Waals surface area (Å²) in [6.45, 7) is 6.50. The van der Waals surface area contributed by atoms with Crippen molar-refractivity contribution in [3.8, 4) is 0 Å². The van der Waals surface area contributed by atoms with Gasteiger partial charge in [-0.15, -0.1) is 25.6 Å². The molecule has 58 valence electrons. The molecule has 3 N–H and O–H groups in total. The Bertz CT molecular complexity index is 148. The summed E-state index contributed by atoms with van der Waals surface area (Å²) in [6.07, 6.45) is 2.25. The maximum atomic E-state index is 10.2. The molecule has 0 heterocycles. The minimum Gasteiger partial charge on any atom is -0.479 e. The average molecular weight is 164 g/mol. The minimum atomic E-state index is -1.47. The van der Waals surface area contributed by atoms with Gasteiger partial charge in [-0.25, -0.2) is 4.79 Å². The van der Waals surface area contributed by atoms with E-state index in [0.717, 1.165) is 12.2 Å². The van der Waals surface area contributed by atoms with Gasteiger partial charge in [0.1, 0.15) is 0 Å². The smallest absolute Gasteiger partial charge is 0.331 e. The molecule has 0 aromatic heterocycles. The molecule has 0 fully saturated rings. The Morgan fingerprint density at radius 3 is 1.80 bits per heavy atom. The van der Waals surface area contributed by atoms with E-state index in [1.54, 1.807) is 0 Å². The molecule has 0 aliphatic carbocycles. The predicted octanol–water partition coefficient (Wildman–Crippen LogP) is 0.562. The zero-order valence-corrected chi connectivity index (χ0v) is 6.23. The fraction of sp³-hybridized carbons (Fsp3) is 0.167. The lowest BCUT2D eigenvalue weighted by Gasteiger charge is -2.13. The fourth-order valence-electron chi connectivity index (χ4n) is 0.258. The number of nitrogens with two attached hydrogens (primary N) is 1. The number of rotatable bonds is 3. The van der Waals surface area contributed by atoms with Gasteiger partial charge in [0, 0.05) is 0 Å². The highest BCUT2D eigenvalue weighted by Gasteiger charge is 2.25. The van der Waals surface area contributed by atoms with Crippen molar-refractivity contribution in [2.75, 3.05) is 0 Å². The number of aliphatic carboxylic acids is 1. The van der Waals surface area contributed by atoms with Gasteiger partial charge in [-0.3, -0.25) is 0 Å². The Morgan fingerprint density at radius 2 is 1.80 bits per heavy atom. The SMILES string of the molecule is C=CC(N)(C=C)C(=O)O.Cl. The molecular formula is C6H10ClNO2. The minimum absolute atomic E-state index is 0. The first-order valence-corrected chi connectivity index (χ1v) is 2.36. The largest absolute Gasteiger partial charge is 0.479 e. The molecule has 0 rings (SSSR count). The van der Waals surface area contributed by atoms with E-state index in [0.29, 0.717) is 0 Å². The van der Waals surface area contributed by atoms with E-state index in [4.69, 9.17) is 10.8 Å². The highest BCUT2D eigenvalue weighted by Crippen LogP contribution is 2.01. The second-order valence-electron chi connectivity index (χ2n) is 1.65. The van der Waals surface area contributed by atoms with Crippen molar-refractivity contribution in [2.45, 2.75) is 5.54 Å². The highest BCUT2D eigenvalue weighted by atomic mass is 35.5. The molecule has 0 aliphatic rings. The van der Waals surface area contributed by atoms with Crippen LogP contribution in [0.15, 0.2) is 25.3 Å². The Labute approximate surface area is 65.6 Å². The van der Waals surface area contributed by atoms with Crippen molar-refractivity contribution in [1.29, 1.82) is 0 Å². The van der Waals surface area contributed by atoms with Crippen molar-refractivity contribution in [2.24, 2.45) is 5.73 Å². The molecule has 0 bridgehead atoms. The average Bonchev–Trinajstić information content (AvgIpc) is 1.86. The maximum Gasteiger partial charge on any atom is 0.331 e. The van der Waals surface area contributed by atoms with Gasteiger partial charge in [0.2, 0.25) is 0 Å². The van der Waals surface area contributed by atoms with Crippen LogP contribution in [0.3, 0.4) is 0 Å². The summed E-state index contributed by atoms with van der Waals surface area (Å²) >= 11 is 0. The number of carboxylic acid groups (broad SMARTS) is 1. The molecule has 0 atom stereocenters. The summed E-state index contributed by atoms with van der Waals surface area (Å²) < 4.78 is 0. The van der Waals surface area contributed by atoms with Gasteiger partial charge in [0.05, 0.1) is 0 Å². The molecule has 0 amide bonds. The normalized spacial score (nSPS) is 9.30. The van der Waals surface area contributed by atoms with Crippen molar-refractivity contribution in [3.63, 3.8) is 0 Å². The second kappa shape index (κ2) is 4.09. The Hall–Kier alpha value is -0.800. The third-order valence-electron chi connectivity index (χ3n) is 1.05. The van der Waals surface area contributed by atoms with Crippen LogP contribution in [0.5, 0.6) is 0 Å². The summed E-state index contributed by atoms with van der Waals surface area (Å²) in [6, 6.07) is 0. The van der Waals surface area contributed by atoms with Gasteiger partial charge < -0.3 is 10.8 Å². The van der Waals surface area contributed by atoms with E-state index in [-0.39, 0.29) is 12.4 Å². The molecule has 0 saturated heterocycles. The third kappa shape index (κ3) is 2.21. The molecular weight excluding hydrogens is 154 g/mol.